The van der Waals surface area contributed by atoms with Gasteiger partial charge in [-0.2, -0.15) is 0 Å². The topological polar surface area (TPSA) is 140 Å². The summed E-state index contributed by atoms with van der Waals surface area (Å²) >= 11 is 3.43. The Bertz CT molecular complexity index is 2260. The molecule has 2 aliphatic rings. The molecule has 0 saturated heterocycles. The third-order valence-corrected chi connectivity index (χ3v) is 9.53. The van der Waals surface area contributed by atoms with E-state index >= 15 is 0 Å². The van der Waals surface area contributed by atoms with Crippen molar-refractivity contribution in [3.63, 3.8) is 0 Å². The lowest BCUT2D eigenvalue weighted by Crippen LogP contribution is -2.29. The molecule has 0 atom stereocenters. The zero-order valence-corrected chi connectivity index (χ0v) is 28.2. The van der Waals surface area contributed by atoms with Crippen molar-refractivity contribution in [3.8, 4) is 11.3 Å². The third kappa shape index (κ3) is 7.14. The first-order chi connectivity index (χ1) is 24.1. The van der Waals surface area contributed by atoms with Crippen LogP contribution in [0.3, 0.4) is 0 Å². The lowest BCUT2D eigenvalue weighted by molar-refractivity contribution is 0.0974. The highest BCUT2D eigenvalue weighted by Gasteiger charge is 2.24. The fourth-order valence-electron chi connectivity index (χ4n) is 6.47. The van der Waals surface area contributed by atoms with Gasteiger partial charge in [0.2, 0.25) is 0 Å². The molecule has 4 N–H and O–H groups in total. The SMILES string of the molecule is O=C1CCCc2c(Br)[nH]c3cc(F)cc1c23.O=Cc1ccc(-c2[nH]c3cc(F)cc4c3c2CCCC4=O)cc1.O=Cc1ccc(B(O)O)cc1. The predicted octanol–water partition coefficient (Wildman–Crippen LogP) is 7.07. The average Bonchev–Trinajstić information content (AvgIpc) is 3.50. The number of benzene rings is 4. The summed E-state index contributed by atoms with van der Waals surface area (Å²) in [5.74, 6) is -0.735. The normalized spacial score (nSPS) is 13.5. The maximum absolute atomic E-state index is 13.8. The molecule has 6 aromatic rings. The van der Waals surface area contributed by atoms with E-state index in [2.05, 4.69) is 25.9 Å². The maximum Gasteiger partial charge on any atom is 0.488 e. The number of hydrogen-bond donors (Lipinski definition) is 4. The number of H-pyrrole nitrogens is 2. The molecule has 2 aliphatic carbocycles. The fraction of sp³-hybridized carbons (Fsp3) is 0.158. The highest BCUT2D eigenvalue weighted by molar-refractivity contribution is 9.10. The summed E-state index contributed by atoms with van der Waals surface area (Å²) in [6.07, 6.45) is 5.64. The van der Waals surface area contributed by atoms with E-state index in [1.165, 1.54) is 48.5 Å². The number of rotatable bonds is 4. The van der Waals surface area contributed by atoms with Crippen LogP contribution < -0.4 is 5.46 Å². The minimum atomic E-state index is -1.46. The quantitative estimate of drug-likeness (QED) is 0.113. The van der Waals surface area contributed by atoms with Crippen LogP contribution in [0.25, 0.3) is 33.1 Å². The van der Waals surface area contributed by atoms with Gasteiger partial charge in [0.1, 0.15) is 24.2 Å². The molecule has 2 heterocycles. The molecular weight excluding hydrogens is 709 g/mol. The van der Waals surface area contributed by atoms with Gasteiger partial charge in [0, 0.05) is 57.1 Å². The Morgan fingerprint density at radius 1 is 0.660 bits per heavy atom. The van der Waals surface area contributed by atoms with Gasteiger partial charge >= 0.3 is 7.12 Å². The molecule has 12 heteroatoms. The second kappa shape index (κ2) is 14.8. The van der Waals surface area contributed by atoms with E-state index in [1.54, 1.807) is 12.1 Å². The molecule has 0 amide bonds. The second-order valence-corrected chi connectivity index (χ2v) is 12.9. The van der Waals surface area contributed by atoms with Crippen molar-refractivity contribution in [1.29, 1.82) is 0 Å². The van der Waals surface area contributed by atoms with Crippen LogP contribution in [0, 0.1) is 11.6 Å². The first-order valence-corrected chi connectivity index (χ1v) is 16.7. The lowest BCUT2D eigenvalue weighted by Gasteiger charge is -2.04. The molecule has 2 aromatic heterocycles. The molecule has 0 spiro atoms. The Morgan fingerprint density at radius 2 is 1.14 bits per heavy atom. The van der Waals surface area contributed by atoms with Crippen LogP contribution in [0.2, 0.25) is 0 Å². The van der Waals surface area contributed by atoms with Gasteiger partial charge in [0.15, 0.2) is 11.6 Å². The van der Waals surface area contributed by atoms with E-state index in [1.807, 2.05) is 12.1 Å². The maximum atomic E-state index is 13.8. The Kier molecular flexibility index (Phi) is 10.3. The Labute approximate surface area is 293 Å². The van der Waals surface area contributed by atoms with Gasteiger partial charge in [0.05, 0.1) is 10.1 Å². The van der Waals surface area contributed by atoms with Gasteiger partial charge < -0.3 is 20.0 Å². The summed E-state index contributed by atoms with van der Waals surface area (Å²) in [5.41, 5.74) is 7.84. The van der Waals surface area contributed by atoms with Crippen LogP contribution in [0.5, 0.6) is 0 Å². The summed E-state index contributed by atoms with van der Waals surface area (Å²) in [6, 6.07) is 18.9. The minimum Gasteiger partial charge on any atom is -0.423 e. The van der Waals surface area contributed by atoms with Gasteiger partial charge in [-0.1, -0.05) is 48.5 Å². The largest absolute Gasteiger partial charge is 0.488 e. The van der Waals surface area contributed by atoms with Crippen LogP contribution in [0.4, 0.5) is 8.78 Å². The van der Waals surface area contributed by atoms with Gasteiger partial charge in [-0.3, -0.25) is 19.2 Å². The molecule has 8 rings (SSSR count). The molecule has 0 bridgehead atoms. The van der Waals surface area contributed by atoms with Crippen LogP contribution in [-0.4, -0.2) is 51.3 Å². The molecule has 0 saturated carbocycles. The monoisotopic (exact) mass is 738 g/mol. The van der Waals surface area contributed by atoms with Crippen LogP contribution in [0.1, 0.15) is 78.2 Å². The highest BCUT2D eigenvalue weighted by Crippen LogP contribution is 2.37. The Balaban J connectivity index is 0.000000139. The number of hydrogen-bond acceptors (Lipinski definition) is 6. The van der Waals surface area contributed by atoms with E-state index in [4.69, 9.17) is 10.0 Å². The van der Waals surface area contributed by atoms with E-state index in [0.29, 0.717) is 57.9 Å². The highest BCUT2D eigenvalue weighted by atomic mass is 79.9. The zero-order valence-electron chi connectivity index (χ0n) is 26.6. The minimum absolute atomic E-state index is 0.00453. The number of halogens is 3. The van der Waals surface area contributed by atoms with Crippen molar-refractivity contribution in [2.24, 2.45) is 0 Å². The van der Waals surface area contributed by atoms with E-state index in [0.717, 1.165) is 69.7 Å². The lowest BCUT2D eigenvalue weighted by atomic mass is 9.80. The molecule has 4 aromatic carbocycles. The van der Waals surface area contributed by atoms with Gasteiger partial charge in [-0.15, -0.1) is 0 Å². The van der Waals surface area contributed by atoms with Crippen LogP contribution in [-0.2, 0) is 12.8 Å². The van der Waals surface area contributed by atoms with Gasteiger partial charge in [-0.05, 0) is 88.0 Å². The second-order valence-electron chi connectivity index (χ2n) is 12.1. The number of aldehydes is 2. The van der Waals surface area contributed by atoms with Crippen molar-refractivity contribution >= 4 is 74.5 Å². The summed E-state index contributed by atoms with van der Waals surface area (Å²) in [4.78, 5) is 51.4. The van der Waals surface area contributed by atoms with E-state index in [9.17, 15) is 28.0 Å². The van der Waals surface area contributed by atoms with Crippen LogP contribution in [0.15, 0.2) is 77.4 Å². The summed E-state index contributed by atoms with van der Waals surface area (Å²) in [6.45, 7) is 0. The number of aromatic nitrogens is 2. The van der Waals surface area contributed by atoms with Crippen molar-refractivity contribution < 1.29 is 38.0 Å². The molecular formula is C38H30BBrF2N2O6. The number of Topliss-reactive ketones (excluding diaryl/α,β-unsaturated/α-hetero) is 2. The van der Waals surface area contributed by atoms with Crippen molar-refractivity contribution in [2.75, 3.05) is 0 Å². The number of aromatic amines is 2. The molecule has 8 nitrogen and oxygen atoms in total. The summed E-state index contributed by atoms with van der Waals surface area (Å²) in [7, 11) is -1.46. The van der Waals surface area contributed by atoms with Crippen molar-refractivity contribution in [3.05, 3.63) is 122 Å². The van der Waals surface area contributed by atoms with Crippen molar-refractivity contribution in [1.82, 2.24) is 9.97 Å². The number of nitrogens with one attached hydrogen (secondary N) is 2. The third-order valence-electron chi connectivity index (χ3n) is 8.85. The molecule has 0 radical (unpaired) electrons. The Morgan fingerprint density at radius 3 is 1.66 bits per heavy atom. The predicted molar refractivity (Wildman–Crippen MR) is 191 cm³/mol. The van der Waals surface area contributed by atoms with Gasteiger partial charge in [-0.25, -0.2) is 8.78 Å². The van der Waals surface area contributed by atoms with Crippen molar-refractivity contribution in [2.45, 2.75) is 38.5 Å². The average molecular weight is 739 g/mol. The zero-order chi connectivity index (χ0) is 35.5. The number of ketones is 2. The van der Waals surface area contributed by atoms with E-state index in [-0.39, 0.29) is 17.4 Å². The Hall–Kier alpha value is -5.04. The number of aryl methyl sites for hydroxylation is 2. The summed E-state index contributed by atoms with van der Waals surface area (Å²) < 4.78 is 28.1. The molecule has 0 aliphatic heterocycles. The fourth-order valence-corrected chi connectivity index (χ4v) is 7.08. The number of carbonyl (C=O) groups excluding carboxylic acids is 4. The first-order valence-electron chi connectivity index (χ1n) is 15.9. The molecule has 252 valence electrons. The molecule has 0 fully saturated rings. The first kappa shape index (κ1) is 34.8. The van der Waals surface area contributed by atoms with Crippen LogP contribution >= 0.6 is 15.9 Å². The number of carbonyl (C=O) groups is 4. The standard InChI is InChI=1S/C19H14FNO2.C12H9BrFNO.C7H7BO3/c20-13-8-15-17(23)3-1-2-14-18(15)16(9-13)21-19(14)12-6-4-11(10-22)5-7-12;13-12-7-2-1-3-10(16)8-4-6(14)5-9(15-12)11(7)8;9-5-6-1-3-7(4-2-6)8(10)11/h4-10,21H,1-3H2;4-5,15H,1-3H2;1-5,10-11H. The smallest absolute Gasteiger partial charge is 0.423 e. The van der Waals surface area contributed by atoms with Gasteiger partial charge in [0.25, 0.3) is 0 Å². The summed E-state index contributed by atoms with van der Waals surface area (Å²) in [5, 5.41) is 19.0. The molecule has 50 heavy (non-hydrogen) atoms. The molecule has 0 unspecified atom stereocenters. The van der Waals surface area contributed by atoms with E-state index < -0.39 is 12.9 Å².